The van der Waals surface area contributed by atoms with Gasteiger partial charge in [-0.25, -0.2) is 0 Å². The molecule has 0 aliphatic rings. The first-order valence-corrected chi connectivity index (χ1v) is 7.86. The minimum Gasteiger partial charge on any atom is -0.379 e. The van der Waals surface area contributed by atoms with E-state index in [2.05, 4.69) is 52.6 Å². The van der Waals surface area contributed by atoms with Crippen LogP contribution in [0.1, 0.15) is 46.5 Å². The molecule has 0 amide bonds. The number of hydrogen-bond donors (Lipinski definition) is 0. The van der Waals surface area contributed by atoms with Gasteiger partial charge in [0.2, 0.25) is 0 Å². The Morgan fingerprint density at radius 2 is 1.53 bits per heavy atom. The Morgan fingerprint density at radius 1 is 1.00 bits per heavy atom. The van der Waals surface area contributed by atoms with Gasteiger partial charge in [0.1, 0.15) is 0 Å². The first-order valence-electron chi connectivity index (χ1n) is 5.62. The zero-order valence-electron chi connectivity index (χ0n) is 10.4. The zero-order valence-corrected chi connectivity index (χ0v) is 13.6. The van der Waals surface area contributed by atoms with Gasteiger partial charge in [-0.15, -0.1) is 0 Å². The van der Waals surface area contributed by atoms with E-state index >= 15 is 0 Å². The van der Waals surface area contributed by atoms with Gasteiger partial charge in [-0.05, 0) is 38.5 Å². The topological polar surface area (TPSA) is 9.23 Å². The molecule has 1 nitrogen and oxygen atoms in total. The largest absolute Gasteiger partial charge is 0.379 e. The van der Waals surface area contributed by atoms with Crippen LogP contribution < -0.4 is 0 Å². The summed E-state index contributed by atoms with van der Waals surface area (Å²) in [4.78, 5) is 0. The lowest BCUT2D eigenvalue weighted by Crippen LogP contribution is -2.30. The molecule has 0 aromatic rings. The second-order valence-corrected chi connectivity index (χ2v) is 6.10. The van der Waals surface area contributed by atoms with Gasteiger partial charge in [-0.1, -0.05) is 45.2 Å². The van der Waals surface area contributed by atoms with E-state index in [4.69, 9.17) is 4.74 Å². The predicted molar refractivity (Wildman–Crippen MR) is 75.3 cm³/mol. The summed E-state index contributed by atoms with van der Waals surface area (Å²) in [5, 5.41) is 2.14. The Labute approximate surface area is 112 Å². The van der Waals surface area contributed by atoms with Crippen LogP contribution in [0.15, 0.2) is 0 Å². The van der Waals surface area contributed by atoms with Crippen LogP contribution in [0, 0.1) is 5.41 Å². The van der Waals surface area contributed by atoms with Gasteiger partial charge in [-0.3, -0.25) is 0 Å². The zero-order chi connectivity index (χ0) is 11.9. The molecule has 0 rings (SSSR count). The highest BCUT2D eigenvalue weighted by atomic mass is 79.9. The van der Waals surface area contributed by atoms with Crippen LogP contribution in [-0.4, -0.2) is 23.4 Å². The van der Waals surface area contributed by atoms with E-state index in [0.29, 0.717) is 5.41 Å². The third-order valence-electron chi connectivity index (χ3n) is 3.16. The standard InChI is InChI=1S/C12H24Br2O/c1-5-6-12(9-13,10-14)8-7-11(2,3)15-4/h5-10H2,1-4H3. The molecule has 0 saturated heterocycles. The molecule has 0 N–H and O–H groups in total. The molecule has 15 heavy (non-hydrogen) atoms. The first-order chi connectivity index (χ1) is 6.95. The summed E-state index contributed by atoms with van der Waals surface area (Å²) in [6, 6.07) is 0. The van der Waals surface area contributed by atoms with E-state index in [1.54, 1.807) is 7.11 Å². The summed E-state index contributed by atoms with van der Waals surface area (Å²) in [5.41, 5.74) is 0.397. The highest BCUT2D eigenvalue weighted by Crippen LogP contribution is 2.36. The fraction of sp³-hybridized carbons (Fsp3) is 1.00. The van der Waals surface area contributed by atoms with Gasteiger partial charge in [0.15, 0.2) is 0 Å². The van der Waals surface area contributed by atoms with E-state index in [9.17, 15) is 0 Å². The number of hydrogen-bond acceptors (Lipinski definition) is 1. The van der Waals surface area contributed by atoms with Crippen LogP contribution in [0.5, 0.6) is 0 Å². The van der Waals surface area contributed by atoms with Gasteiger partial charge in [0, 0.05) is 17.8 Å². The van der Waals surface area contributed by atoms with Crippen molar-refractivity contribution in [1.82, 2.24) is 0 Å². The van der Waals surface area contributed by atoms with Crippen molar-refractivity contribution < 1.29 is 4.74 Å². The molecule has 0 saturated carbocycles. The van der Waals surface area contributed by atoms with Crippen LogP contribution in [0.25, 0.3) is 0 Å². The predicted octanol–water partition coefficient (Wildman–Crippen LogP) is 4.77. The molecule has 0 atom stereocenters. The normalized spacial score (nSPS) is 13.2. The monoisotopic (exact) mass is 342 g/mol. The van der Waals surface area contributed by atoms with Gasteiger partial charge in [-0.2, -0.15) is 0 Å². The lowest BCUT2D eigenvalue weighted by molar-refractivity contribution is 0.00608. The van der Waals surface area contributed by atoms with Crippen LogP contribution in [0.2, 0.25) is 0 Å². The second kappa shape index (κ2) is 7.29. The van der Waals surface area contributed by atoms with Gasteiger partial charge < -0.3 is 4.74 Å². The van der Waals surface area contributed by atoms with E-state index < -0.39 is 0 Å². The number of halogens is 2. The quantitative estimate of drug-likeness (QED) is 0.577. The lowest BCUT2D eigenvalue weighted by atomic mass is 9.80. The van der Waals surface area contributed by atoms with E-state index in [1.807, 2.05) is 0 Å². The third-order valence-corrected chi connectivity index (χ3v) is 5.54. The van der Waals surface area contributed by atoms with Crippen LogP contribution >= 0.6 is 31.9 Å². The summed E-state index contributed by atoms with van der Waals surface area (Å²) < 4.78 is 5.47. The second-order valence-electron chi connectivity index (χ2n) is 4.98. The number of rotatable bonds is 8. The van der Waals surface area contributed by atoms with Crippen molar-refractivity contribution >= 4 is 31.9 Å². The maximum absolute atomic E-state index is 5.47. The molecule has 0 aliphatic carbocycles. The maximum Gasteiger partial charge on any atom is 0.0623 e. The van der Waals surface area contributed by atoms with Crippen molar-refractivity contribution in [3.8, 4) is 0 Å². The minimum atomic E-state index is 0.00330. The molecule has 0 bridgehead atoms. The molecule has 0 aromatic heterocycles. The molecular weight excluding hydrogens is 320 g/mol. The van der Waals surface area contributed by atoms with Crippen molar-refractivity contribution in [2.75, 3.05) is 17.8 Å². The molecule has 0 heterocycles. The average molecular weight is 344 g/mol. The highest BCUT2D eigenvalue weighted by molar-refractivity contribution is 9.09. The van der Waals surface area contributed by atoms with Gasteiger partial charge in [0.25, 0.3) is 0 Å². The Kier molecular flexibility index (Phi) is 7.73. The number of methoxy groups -OCH3 is 1. The number of alkyl halides is 2. The van der Waals surface area contributed by atoms with Crippen molar-refractivity contribution in [3.63, 3.8) is 0 Å². The summed E-state index contributed by atoms with van der Waals surface area (Å²) in [6.07, 6.45) is 4.83. The molecule has 0 unspecified atom stereocenters. The molecule has 0 aromatic carbocycles. The molecule has 0 fully saturated rings. The number of ether oxygens (including phenoxy) is 1. The SMILES string of the molecule is CCCC(CBr)(CBr)CCC(C)(C)OC. The van der Waals surface area contributed by atoms with Gasteiger partial charge >= 0.3 is 0 Å². The first kappa shape index (κ1) is 15.9. The smallest absolute Gasteiger partial charge is 0.0623 e. The molecular formula is C12H24Br2O. The third kappa shape index (κ3) is 5.69. The Balaban J connectivity index is 4.28. The fourth-order valence-corrected chi connectivity index (χ4v) is 3.68. The minimum absolute atomic E-state index is 0.00330. The Hall–Kier alpha value is 0.920. The van der Waals surface area contributed by atoms with E-state index in [1.165, 1.54) is 19.3 Å². The van der Waals surface area contributed by atoms with Crippen LogP contribution in [-0.2, 0) is 4.74 Å². The van der Waals surface area contributed by atoms with Gasteiger partial charge in [0.05, 0.1) is 5.60 Å². The maximum atomic E-state index is 5.47. The van der Waals surface area contributed by atoms with Crippen LogP contribution in [0.4, 0.5) is 0 Å². The Morgan fingerprint density at radius 3 is 1.87 bits per heavy atom. The van der Waals surface area contributed by atoms with Crippen molar-refractivity contribution in [1.29, 1.82) is 0 Å². The Bertz CT molecular complexity index is 165. The summed E-state index contributed by atoms with van der Waals surface area (Å²) in [7, 11) is 1.80. The highest BCUT2D eigenvalue weighted by Gasteiger charge is 2.29. The van der Waals surface area contributed by atoms with Crippen molar-refractivity contribution in [2.24, 2.45) is 5.41 Å². The molecule has 0 aliphatic heterocycles. The molecule has 3 heteroatoms. The van der Waals surface area contributed by atoms with Crippen molar-refractivity contribution in [3.05, 3.63) is 0 Å². The lowest BCUT2D eigenvalue weighted by Gasteiger charge is -2.33. The molecule has 92 valence electrons. The van der Waals surface area contributed by atoms with E-state index in [0.717, 1.165) is 17.1 Å². The fourth-order valence-electron chi connectivity index (χ4n) is 1.63. The summed E-state index contributed by atoms with van der Waals surface area (Å²) in [6.45, 7) is 6.57. The molecule has 0 spiro atoms. The summed E-state index contributed by atoms with van der Waals surface area (Å²) in [5.74, 6) is 0. The van der Waals surface area contributed by atoms with Crippen molar-refractivity contribution in [2.45, 2.75) is 52.1 Å². The van der Waals surface area contributed by atoms with E-state index in [-0.39, 0.29) is 5.60 Å². The average Bonchev–Trinajstić information content (AvgIpc) is 2.24. The summed E-state index contributed by atoms with van der Waals surface area (Å²) >= 11 is 7.31. The van der Waals surface area contributed by atoms with Crippen LogP contribution in [0.3, 0.4) is 0 Å². The molecule has 0 radical (unpaired) electrons.